The van der Waals surface area contributed by atoms with Crippen LogP contribution in [0.5, 0.6) is 0 Å². The number of urea groups is 1. The summed E-state index contributed by atoms with van der Waals surface area (Å²) in [6.07, 6.45) is 3.69. The largest absolute Gasteiger partial charge is 0.481 e. The summed E-state index contributed by atoms with van der Waals surface area (Å²) in [6, 6.07) is 6.58. The highest BCUT2D eigenvalue weighted by atomic mass is 16.4. The Morgan fingerprint density at radius 3 is 2.48 bits per heavy atom. The number of carbonyl (C=O) groups is 3. The van der Waals surface area contributed by atoms with E-state index >= 15 is 0 Å². The van der Waals surface area contributed by atoms with Crippen LogP contribution in [0.15, 0.2) is 24.3 Å². The molecule has 0 radical (unpaired) electrons. The Hall–Kier alpha value is -2.57. The maximum absolute atomic E-state index is 12.5. The molecule has 2 aliphatic heterocycles. The van der Waals surface area contributed by atoms with Crippen molar-refractivity contribution < 1.29 is 19.5 Å². The van der Waals surface area contributed by atoms with Gasteiger partial charge in [0.25, 0.3) is 5.91 Å². The van der Waals surface area contributed by atoms with Gasteiger partial charge in [-0.15, -0.1) is 0 Å². The number of likely N-dealkylation sites (tertiary alicyclic amines) is 2. The topological polar surface area (TPSA) is 90.0 Å². The molecule has 2 saturated heterocycles. The number of anilines is 1. The second-order valence-corrected chi connectivity index (χ2v) is 6.63. The van der Waals surface area contributed by atoms with Crippen molar-refractivity contribution in [1.82, 2.24) is 9.80 Å². The molecule has 2 fully saturated rings. The zero-order chi connectivity index (χ0) is 17.8. The molecule has 134 valence electrons. The predicted molar refractivity (Wildman–Crippen MR) is 92.5 cm³/mol. The maximum atomic E-state index is 12.5. The number of nitrogens with one attached hydrogen (secondary N) is 1. The summed E-state index contributed by atoms with van der Waals surface area (Å²) in [6.45, 7) is 2.20. The highest BCUT2D eigenvalue weighted by Gasteiger charge is 2.30. The first-order valence-electron chi connectivity index (χ1n) is 8.72. The van der Waals surface area contributed by atoms with E-state index in [1.165, 1.54) is 4.90 Å². The molecule has 0 spiro atoms. The highest BCUT2D eigenvalue weighted by Crippen LogP contribution is 2.19. The number of nitrogens with zero attached hydrogens (tertiary/aromatic N) is 2. The summed E-state index contributed by atoms with van der Waals surface area (Å²) in [5, 5.41) is 11.8. The standard InChI is InChI=1S/C18H23N3O4/c22-16(20-8-2-1-3-9-20)13-5-4-6-15(11-13)19-18(25)21-10-7-14(12-21)17(23)24/h4-6,11,14H,1-3,7-10,12H2,(H,19,25)(H,23,24). The van der Waals surface area contributed by atoms with E-state index in [2.05, 4.69) is 5.32 Å². The van der Waals surface area contributed by atoms with Gasteiger partial charge in [-0.05, 0) is 43.9 Å². The molecule has 2 aliphatic rings. The van der Waals surface area contributed by atoms with Crippen LogP contribution in [0.1, 0.15) is 36.0 Å². The fourth-order valence-electron chi connectivity index (χ4n) is 3.36. The van der Waals surface area contributed by atoms with Gasteiger partial charge >= 0.3 is 12.0 Å². The van der Waals surface area contributed by atoms with Crippen LogP contribution in [-0.4, -0.2) is 59.0 Å². The van der Waals surface area contributed by atoms with Crippen molar-refractivity contribution in [3.8, 4) is 0 Å². The lowest BCUT2D eigenvalue weighted by Gasteiger charge is -2.27. The highest BCUT2D eigenvalue weighted by molar-refractivity contribution is 5.97. The Balaban J connectivity index is 1.62. The first-order chi connectivity index (χ1) is 12.0. The Kier molecular flexibility index (Phi) is 5.21. The molecule has 7 nitrogen and oxygen atoms in total. The minimum atomic E-state index is -0.871. The lowest BCUT2D eigenvalue weighted by atomic mass is 10.1. The fourth-order valence-corrected chi connectivity index (χ4v) is 3.36. The number of piperidine rings is 1. The molecule has 1 unspecified atom stereocenters. The van der Waals surface area contributed by atoms with Crippen molar-refractivity contribution in [2.45, 2.75) is 25.7 Å². The summed E-state index contributed by atoms with van der Waals surface area (Å²) in [5.74, 6) is -1.38. The molecule has 0 saturated carbocycles. The molecule has 25 heavy (non-hydrogen) atoms. The van der Waals surface area contributed by atoms with E-state index in [0.29, 0.717) is 24.2 Å². The van der Waals surface area contributed by atoms with Gasteiger partial charge in [-0.3, -0.25) is 9.59 Å². The lowest BCUT2D eigenvalue weighted by Crippen LogP contribution is -2.36. The van der Waals surface area contributed by atoms with Crippen molar-refractivity contribution in [1.29, 1.82) is 0 Å². The van der Waals surface area contributed by atoms with Gasteiger partial charge in [-0.25, -0.2) is 4.79 Å². The molecule has 7 heteroatoms. The van der Waals surface area contributed by atoms with Crippen molar-refractivity contribution >= 4 is 23.6 Å². The van der Waals surface area contributed by atoms with E-state index < -0.39 is 11.9 Å². The number of carbonyl (C=O) groups excluding carboxylic acids is 2. The van der Waals surface area contributed by atoms with E-state index in [0.717, 1.165) is 32.4 Å². The molecule has 0 bridgehead atoms. The second-order valence-electron chi connectivity index (χ2n) is 6.63. The third-order valence-electron chi connectivity index (χ3n) is 4.83. The fraction of sp³-hybridized carbons (Fsp3) is 0.500. The van der Waals surface area contributed by atoms with Crippen molar-refractivity contribution in [2.75, 3.05) is 31.5 Å². The van der Waals surface area contributed by atoms with Crippen LogP contribution in [0.3, 0.4) is 0 Å². The third kappa shape index (κ3) is 4.10. The first kappa shape index (κ1) is 17.3. The zero-order valence-corrected chi connectivity index (χ0v) is 14.1. The summed E-state index contributed by atoms with van der Waals surface area (Å²) < 4.78 is 0. The van der Waals surface area contributed by atoms with Gasteiger partial charge in [-0.1, -0.05) is 6.07 Å². The van der Waals surface area contributed by atoms with Gasteiger partial charge in [0.15, 0.2) is 0 Å². The second kappa shape index (κ2) is 7.55. The number of benzene rings is 1. The predicted octanol–water partition coefficient (Wildman–Crippen LogP) is 2.25. The zero-order valence-electron chi connectivity index (χ0n) is 14.1. The van der Waals surface area contributed by atoms with E-state index in [4.69, 9.17) is 5.11 Å². The molecule has 1 aromatic rings. The Morgan fingerprint density at radius 1 is 1.04 bits per heavy atom. The number of amides is 3. The Bertz CT molecular complexity index is 670. The molecule has 3 rings (SSSR count). The number of carboxylic acid groups (broad SMARTS) is 1. The summed E-state index contributed by atoms with van der Waals surface area (Å²) >= 11 is 0. The van der Waals surface area contributed by atoms with E-state index in [-0.39, 0.29) is 18.5 Å². The average molecular weight is 345 g/mol. The summed E-state index contributed by atoms with van der Waals surface area (Å²) in [7, 11) is 0. The van der Waals surface area contributed by atoms with E-state index in [1.807, 2.05) is 4.90 Å². The van der Waals surface area contributed by atoms with Crippen LogP contribution in [-0.2, 0) is 4.79 Å². The van der Waals surface area contributed by atoms with Gasteiger partial charge < -0.3 is 20.2 Å². The van der Waals surface area contributed by atoms with Crippen molar-refractivity contribution in [2.24, 2.45) is 5.92 Å². The molecule has 0 aliphatic carbocycles. The minimum absolute atomic E-state index is 0.0112. The molecule has 2 heterocycles. The van der Waals surface area contributed by atoms with Gasteiger partial charge in [0.05, 0.1) is 5.92 Å². The van der Waals surface area contributed by atoms with Crippen LogP contribution in [0.4, 0.5) is 10.5 Å². The van der Waals surface area contributed by atoms with Crippen LogP contribution in [0.2, 0.25) is 0 Å². The quantitative estimate of drug-likeness (QED) is 0.879. The summed E-state index contributed by atoms with van der Waals surface area (Å²) in [5.41, 5.74) is 1.11. The number of carboxylic acids is 1. The van der Waals surface area contributed by atoms with E-state index in [1.54, 1.807) is 24.3 Å². The average Bonchev–Trinajstić information content (AvgIpc) is 3.13. The first-order valence-corrected chi connectivity index (χ1v) is 8.72. The smallest absolute Gasteiger partial charge is 0.321 e. The van der Waals surface area contributed by atoms with Gasteiger partial charge in [0.2, 0.25) is 0 Å². The van der Waals surface area contributed by atoms with Crippen LogP contribution in [0, 0.1) is 5.92 Å². The van der Waals surface area contributed by atoms with Crippen LogP contribution < -0.4 is 5.32 Å². The number of hydrogen-bond acceptors (Lipinski definition) is 3. The summed E-state index contributed by atoms with van der Waals surface area (Å²) in [4.78, 5) is 39.2. The van der Waals surface area contributed by atoms with Gasteiger partial charge in [0, 0.05) is 37.4 Å². The molecule has 3 amide bonds. The van der Waals surface area contributed by atoms with Gasteiger partial charge in [0.1, 0.15) is 0 Å². The number of aliphatic carboxylic acids is 1. The van der Waals surface area contributed by atoms with Crippen LogP contribution >= 0.6 is 0 Å². The third-order valence-corrected chi connectivity index (χ3v) is 4.83. The normalized spacial score (nSPS) is 20.4. The van der Waals surface area contributed by atoms with Crippen molar-refractivity contribution in [3.63, 3.8) is 0 Å². The minimum Gasteiger partial charge on any atom is -0.481 e. The van der Waals surface area contributed by atoms with Gasteiger partial charge in [-0.2, -0.15) is 0 Å². The molecular formula is C18H23N3O4. The molecule has 0 aromatic heterocycles. The Morgan fingerprint density at radius 2 is 1.80 bits per heavy atom. The molecule has 1 aromatic carbocycles. The number of rotatable bonds is 3. The Labute approximate surface area is 146 Å². The van der Waals surface area contributed by atoms with Crippen molar-refractivity contribution in [3.05, 3.63) is 29.8 Å². The SMILES string of the molecule is O=C(O)C1CCN(C(=O)Nc2cccc(C(=O)N3CCCCC3)c2)C1. The molecular weight excluding hydrogens is 322 g/mol. The number of hydrogen-bond donors (Lipinski definition) is 2. The molecule has 2 N–H and O–H groups in total. The van der Waals surface area contributed by atoms with E-state index in [9.17, 15) is 14.4 Å². The maximum Gasteiger partial charge on any atom is 0.321 e. The molecule has 1 atom stereocenters. The lowest BCUT2D eigenvalue weighted by molar-refractivity contribution is -0.141. The van der Waals surface area contributed by atoms with Crippen LogP contribution in [0.25, 0.3) is 0 Å². The monoisotopic (exact) mass is 345 g/mol.